The van der Waals surface area contributed by atoms with Gasteiger partial charge in [-0.25, -0.2) is 4.98 Å². The summed E-state index contributed by atoms with van der Waals surface area (Å²) < 4.78 is 0. The molecule has 1 amide bonds. The van der Waals surface area contributed by atoms with Crippen molar-refractivity contribution in [2.24, 2.45) is 0 Å². The molecule has 0 bridgehead atoms. The van der Waals surface area contributed by atoms with E-state index in [2.05, 4.69) is 15.3 Å². The lowest BCUT2D eigenvalue weighted by molar-refractivity contribution is -0.120. The van der Waals surface area contributed by atoms with Gasteiger partial charge in [-0.1, -0.05) is 0 Å². The van der Waals surface area contributed by atoms with Crippen molar-refractivity contribution in [3.05, 3.63) is 22.2 Å². The Kier molecular flexibility index (Phi) is 2.35. The Balaban J connectivity index is 1.90. The summed E-state index contributed by atoms with van der Waals surface area (Å²) in [6.07, 6.45) is 2.18. The number of hydrogen-bond acceptors (Lipinski definition) is 4. The summed E-state index contributed by atoms with van der Waals surface area (Å²) >= 11 is 0. The summed E-state index contributed by atoms with van der Waals surface area (Å²) in [4.78, 5) is 31.9. The second kappa shape index (κ2) is 3.87. The van der Waals surface area contributed by atoms with Crippen molar-refractivity contribution in [3.8, 4) is 0 Å². The molecule has 1 aliphatic carbocycles. The number of piperazine rings is 1. The summed E-state index contributed by atoms with van der Waals surface area (Å²) in [6.45, 7) is 1.58. The largest absolute Gasteiger partial charge is 0.353 e. The Hall–Kier alpha value is -1.85. The molecule has 2 N–H and O–H groups in total. The topological polar surface area (TPSA) is 78.1 Å². The molecule has 1 saturated heterocycles. The molecule has 1 aliphatic heterocycles. The molecule has 1 aromatic rings. The Bertz CT molecular complexity index is 506. The highest BCUT2D eigenvalue weighted by atomic mass is 16.2. The van der Waals surface area contributed by atoms with Crippen LogP contribution >= 0.6 is 0 Å². The number of nitrogens with zero attached hydrogens (tertiary/aromatic N) is 2. The SMILES string of the molecule is O=C1CN(c2cc(=O)[nH]c(C3CC3)n2)CCN1. The minimum atomic E-state index is -0.136. The minimum absolute atomic E-state index is 0.0219. The van der Waals surface area contributed by atoms with E-state index in [9.17, 15) is 9.59 Å². The highest BCUT2D eigenvalue weighted by molar-refractivity contribution is 5.82. The van der Waals surface area contributed by atoms with E-state index in [0.29, 0.717) is 24.8 Å². The predicted octanol–water partition coefficient (Wildman–Crippen LogP) is -0.416. The number of nitrogens with one attached hydrogen (secondary N) is 2. The number of aromatic amines is 1. The molecular formula is C11H14N4O2. The van der Waals surface area contributed by atoms with Gasteiger partial charge < -0.3 is 15.2 Å². The first-order valence-corrected chi connectivity index (χ1v) is 5.85. The van der Waals surface area contributed by atoms with E-state index in [-0.39, 0.29) is 18.0 Å². The first kappa shape index (κ1) is 10.3. The van der Waals surface area contributed by atoms with E-state index in [1.54, 1.807) is 0 Å². The van der Waals surface area contributed by atoms with Gasteiger partial charge in [0, 0.05) is 25.1 Å². The zero-order valence-electron chi connectivity index (χ0n) is 9.40. The molecule has 0 aromatic carbocycles. The second-order valence-corrected chi connectivity index (χ2v) is 4.53. The van der Waals surface area contributed by atoms with Crippen LogP contribution in [-0.4, -0.2) is 35.5 Å². The lowest BCUT2D eigenvalue weighted by Crippen LogP contribution is -2.48. The van der Waals surface area contributed by atoms with Crippen LogP contribution < -0.4 is 15.8 Å². The lowest BCUT2D eigenvalue weighted by atomic mass is 10.3. The van der Waals surface area contributed by atoms with E-state index in [1.165, 1.54) is 6.07 Å². The second-order valence-electron chi connectivity index (χ2n) is 4.53. The third-order valence-corrected chi connectivity index (χ3v) is 3.07. The molecule has 17 heavy (non-hydrogen) atoms. The predicted molar refractivity (Wildman–Crippen MR) is 62.1 cm³/mol. The number of aromatic nitrogens is 2. The molecule has 0 spiro atoms. The molecule has 2 aliphatic rings. The summed E-state index contributed by atoms with van der Waals surface area (Å²) in [5.74, 6) is 1.76. The van der Waals surface area contributed by atoms with Gasteiger partial charge in [0.05, 0.1) is 6.54 Å². The van der Waals surface area contributed by atoms with Gasteiger partial charge in [-0.15, -0.1) is 0 Å². The number of rotatable bonds is 2. The van der Waals surface area contributed by atoms with Crippen molar-refractivity contribution in [1.82, 2.24) is 15.3 Å². The van der Waals surface area contributed by atoms with Crippen molar-refractivity contribution in [1.29, 1.82) is 0 Å². The van der Waals surface area contributed by atoms with Gasteiger partial charge in [-0.2, -0.15) is 0 Å². The van der Waals surface area contributed by atoms with Crippen LogP contribution in [0.1, 0.15) is 24.6 Å². The van der Waals surface area contributed by atoms with Crippen molar-refractivity contribution in [2.75, 3.05) is 24.5 Å². The van der Waals surface area contributed by atoms with Crippen LogP contribution in [0, 0.1) is 0 Å². The molecular weight excluding hydrogens is 220 g/mol. The average molecular weight is 234 g/mol. The first-order valence-electron chi connectivity index (χ1n) is 5.85. The van der Waals surface area contributed by atoms with Crippen molar-refractivity contribution >= 4 is 11.7 Å². The Morgan fingerprint density at radius 3 is 2.88 bits per heavy atom. The fourth-order valence-corrected chi connectivity index (χ4v) is 2.01. The van der Waals surface area contributed by atoms with Gasteiger partial charge in [-0.3, -0.25) is 9.59 Å². The van der Waals surface area contributed by atoms with Crippen molar-refractivity contribution in [2.45, 2.75) is 18.8 Å². The van der Waals surface area contributed by atoms with E-state index < -0.39 is 0 Å². The summed E-state index contributed by atoms with van der Waals surface area (Å²) in [5.41, 5.74) is -0.136. The van der Waals surface area contributed by atoms with Crippen LogP contribution in [0.15, 0.2) is 10.9 Å². The Morgan fingerprint density at radius 2 is 2.18 bits per heavy atom. The summed E-state index contributed by atoms with van der Waals surface area (Å²) in [5, 5.41) is 2.75. The van der Waals surface area contributed by atoms with Gasteiger partial charge in [0.15, 0.2) is 0 Å². The van der Waals surface area contributed by atoms with Gasteiger partial charge in [0.1, 0.15) is 11.6 Å². The van der Waals surface area contributed by atoms with Crippen LogP contribution in [0.3, 0.4) is 0 Å². The third kappa shape index (κ3) is 2.15. The molecule has 1 aromatic heterocycles. The van der Waals surface area contributed by atoms with Crippen molar-refractivity contribution < 1.29 is 4.79 Å². The van der Waals surface area contributed by atoms with Crippen LogP contribution in [0.25, 0.3) is 0 Å². The molecule has 0 radical (unpaired) electrons. The molecule has 6 heteroatoms. The zero-order chi connectivity index (χ0) is 11.8. The van der Waals surface area contributed by atoms with Crippen LogP contribution in [0.4, 0.5) is 5.82 Å². The number of hydrogen-bond donors (Lipinski definition) is 2. The maximum Gasteiger partial charge on any atom is 0.252 e. The zero-order valence-corrected chi connectivity index (χ0v) is 9.40. The summed E-state index contributed by atoms with van der Waals surface area (Å²) in [6, 6.07) is 1.46. The maximum atomic E-state index is 11.5. The molecule has 0 unspecified atom stereocenters. The van der Waals surface area contributed by atoms with E-state index in [4.69, 9.17) is 0 Å². The number of anilines is 1. The van der Waals surface area contributed by atoms with Gasteiger partial charge in [0.2, 0.25) is 5.91 Å². The van der Waals surface area contributed by atoms with Crippen LogP contribution in [0.5, 0.6) is 0 Å². The fraction of sp³-hybridized carbons (Fsp3) is 0.545. The third-order valence-electron chi connectivity index (χ3n) is 3.07. The monoisotopic (exact) mass is 234 g/mol. The molecule has 2 fully saturated rings. The number of carbonyl (C=O) groups is 1. The van der Waals surface area contributed by atoms with E-state index in [1.807, 2.05) is 4.90 Å². The Labute approximate surface area is 98.0 Å². The number of H-pyrrole nitrogens is 1. The number of carbonyl (C=O) groups excluding carboxylic acids is 1. The molecule has 0 atom stereocenters. The lowest BCUT2D eigenvalue weighted by Gasteiger charge is -2.27. The quantitative estimate of drug-likeness (QED) is 0.728. The van der Waals surface area contributed by atoms with Crippen LogP contribution in [-0.2, 0) is 4.79 Å². The number of amides is 1. The maximum absolute atomic E-state index is 11.5. The Morgan fingerprint density at radius 1 is 1.35 bits per heavy atom. The van der Waals surface area contributed by atoms with E-state index >= 15 is 0 Å². The van der Waals surface area contributed by atoms with Gasteiger partial charge >= 0.3 is 0 Å². The molecule has 90 valence electrons. The fourth-order valence-electron chi connectivity index (χ4n) is 2.01. The molecule has 3 rings (SSSR count). The van der Waals surface area contributed by atoms with Crippen LogP contribution in [0.2, 0.25) is 0 Å². The minimum Gasteiger partial charge on any atom is -0.353 e. The van der Waals surface area contributed by atoms with Gasteiger partial charge in [-0.05, 0) is 12.8 Å². The average Bonchev–Trinajstić information content (AvgIpc) is 3.12. The summed E-state index contributed by atoms with van der Waals surface area (Å²) in [7, 11) is 0. The highest BCUT2D eigenvalue weighted by Gasteiger charge is 2.27. The van der Waals surface area contributed by atoms with Gasteiger partial charge in [0.25, 0.3) is 5.56 Å². The smallest absolute Gasteiger partial charge is 0.252 e. The van der Waals surface area contributed by atoms with E-state index in [0.717, 1.165) is 18.7 Å². The molecule has 6 nitrogen and oxygen atoms in total. The van der Waals surface area contributed by atoms with Crippen molar-refractivity contribution in [3.63, 3.8) is 0 Å². The normalized spacial score (nSPS) is 20.2. The first-order chi connectivity index (χ1) is 8.22. The highest BCUT2D eigenvalue weighted by Crippen LogP contribution is 2.37. The molecule has 2 heterocycles. The molecule has 1 saturated carbocycles. The standard InChI is InChI=1S/C11H14N4O2/c16-9-5-8(13-11(14-9)7-1-2-7)15-4-3-12-10(17)6-15/h5,7H,1-4,6H2,(H,12,17)(H,13,14,16).